The van der Waals surface area contributed by atoms with Crippen LogP contribution in [0.15, 0.2) is 4.99 Å². The molecule has 0 unspecified atom stereocenters. The fraction of sp³-hybridized carbons (Fsp3) is 0.906. The number of hydroxylamine groups is 1. The highest BCUT2D eigenvalue weighted by Crippen LogP contribution is 2.13. The van der Waals surface area contributed by atoms with Crippen LogP contribution in [0.4, 0.5) is 0 Å². The predicted molar refractivity (Wildman–Crippen MR) is 160 cm³/mol. The van der Waals surface area contributed by atoms with Gasteiger partial charge in [-0.25, -0.2) is 10.3 Å². The number of carbonyl (C=O) groups excluding carboxylic acids is 2. The van der Waals surface area contributed by atoms with E-state index < -0.39 is 0 Å². The van der Waals surface area contributed by atoms with Crippen LogP contribution in [0.3, 0.4) is 0 Å². The molecule has 0 radical (unpaired) electrons. The molecular weight excluding hydrogens is 476 g/mol. The molecule has 1 N–H and O–H groups in total. The van der Waals surface area contributed by atoms with Gasteiger partial charge in [0.25, 0.3) is 0 Å². The second-order valence-electron chi connectivity index (χ2n) is 10.8. The van der Waals surface area contributed by atoms with Crippen molar-refractivity contribution in [3.63, 3.8) is 0 Å². The zero-order chi connectivity index (χ0) is 27.9. The van der Waals surface area contributed by atoms with Crippen molar-refractivity contribution >= 4 is 17.8 Å². The molecule has 0 fully saturated rings. The van der Waals surface area contributed by atoms with E-state index in [1.165, 1.54) is 116 Å². The number of aliphatic imine (C=N–C) groups is 1. The second kappa shape index (κ2) is 30.0. The Labute approximate surface area is 235 Å². The smallest absolute Gasteiger partial charge is 0.332 e. The van der Waals surface area contributed by atoms with Crippen molar-refractivity contribution in [3.05, 3.63) is 0 Å². The molecule has 0 saturated carbocycles. The van der Waals surface area contributed by atoms with E-state index in [1.807, 2.05) is 0 Å². The summed E-state index contributed by atoms with van der Waals surface area (Å²) in [5.74, 6) is 0.104. The summed E-state index contributed by atoms with van der Waals surface area (Å²) in [6.45, 7) is 6.86. The maximum atomic E-state index is 11.9. The topological polar surface area (TPSA) is 77.0 Å². The first-order valence-corrected chi connectivity index (χ1v) is 16.2. The van der Waals surface area contributed by atoms with Gasteiger partial charge >= 0.3 is 11.9 Å². The maximum absolute atomic E-state index is 11.9. The molecule has 0 aliphatic heterocycles. The molecule has 0 atom stereocenters. The first kappa shape index (κ1) is 36.4. The van der Waals surface area contributed by atoms with E-state index in [4.69, 9.17) is 9.57 Å². The summed E-state index contributed by atoms with van der Waals surface area (Å²) >= 11 is 0. The number of unbranched alkanes of at least 4 members (excludes halogenated alkanes) is 20. The van der Waals surface area contributed by atoms with Gasteiger partial charge in [-0.15, -0.1) is 0 Å². The minimum atomic E-state index is -0.257. The first-order valence-electron chi connectivity index (χ1n) is 16.2. The van der Waals surface area contributed by atoms with Gasteiger partial charge in [-0.1, -0.05) is 142 Å². The van der Waals surface area contributed by atoms with E-state index in [0.29, 0.717) is 25.2 Å². The predicted octanol–water partition coefficient (Wildman–Crippen LogP) is 9.40. The molecule has 6 heteroatoms. The van der Waals surface area contributed by atoms with Crippen LogP contribution < -0.4 is 5.48 Å². The number of nitrogens with one attached hydrogen (secondary N) is 1. The van der Waals surface area contributed by atoms with Gasteiger partial charge < -0.3 is 9.57 Å². The number of amidine groups is 1. The Hall–Kier alpha value is -1.59. The molecule has 0 rings (SSSR count). The summed E-state index contributed by atoms with van der Waals surface area (Å²) < 4.78 is 5.25. The molecule has 0 bridgehead atoms. The van der Waals surface area contributed by atoms with Crippen molar-refractivity contribution in [3.8, 4) is 0 Å². The summed E-state index contributed by atoms with van der Waals surface area (Å²) in [5.41, 5.74) is 2.59. The number of ether oxygens (including phenoxy) is 1. The largest absolute Gasteiger partial charge is 0.464 e. The molecule has 0 aromatic heterocycles. The highest BCUT2D eigenvalue weighted by Gasteiger charge is 2.05. The standard InChI is InChI=1S/C32H62N2O4/c1-4-6-8-10-12-14-16-17-19-20-22-24-26-31(35)37-29-28-33-30(3)34-38-32(36)27-25-23-21-18-15-13-11-9-7-5-2/h4-29H2,1-3H3,(H,33,34). The Morgan fingerprint density at radius 2 is 0.921 bits per heavy atom. The van der Waals surface area contributed by atoms with Gasteiger partial charge in [0.15, 0.2) is 0 Å². The highest BCUT2D eigenvalue weighted by atomic mass is 16.7. The molecule has 6 nitrogen and oxygen atoms in total. The Bertz CT molecular complexity index is 566. The van der Waals surface area contributed by atoms with Gasteiger partial charge in [0.05, 0.1) is 6.54 Å². The van der Waals surface area contributed by atoms with Crippen molar-refractivity contribution in [2.24, 2.45) is 4.99 Å². The molecule has 0 spiro atoms. The lowest BCUT2D eigenvalue weighted by Gasteiger charge is -2.07. The average Bonchev–Trinajstić information content (AvgIpc) is 2.91. The monoisotopic (exact) mass is 538 g/mol. The number of rotatable bonds is 27. The molecular formula is C32H62N2O4. The Morgan fingerprint density at radius 3 is 1.34 bits per heavy atom. The minimum absolute atomic E-state index is 0.152. The summed E-state index contributed by atoms with van der Waals surface area (Å²) in [5, 5.41) is 0. The van der Waals surface area contributed by atoms with Gasteiger partial charge in [0, 0.05) is 12.8 Å². The van der Waals surface area contributed by atoms with Crippen LogP contribution >= 0.6 is 0 Å². The average molecular weight is 539 g/mol. The lowest BCUT2D eigenvalue weighted by atomic mass is 10.0. The molecule has 0 aromatic rings. The molecule has 224 valence electrons. The molecule has 0 heterocycles. The molecule has 0 saturated heterocycles. The summed E-state index contributed by atoms with van der Waals surface area (Å²) in [4.78, 5) is 33.0. The number of carbonyl (C=O) groups is 2. The van der Waals surface area contributed by atoms with Crippen molar-refractivity contribution < 1.29 is 19.2 Å². The number of esters is 1. The normalized spacial score (nSPS) is 11.5. The third-order valence-electron chi connectivity index (χ3n) is 6.98. The summed E-state index contributed by atoms with van der Waals surface area (Å²) in [6.07, 6.45) is 28.7. The van der Waals surface area contributed by atoms with Crippen LogP contribution in [-0.4, -0.2) is 30.9 Å². The van der Waals surface area contributed by atoms with Crippen molar-refractivity contribution in [1.82, 2.24) is 5.48 Å². The van der Waals surface area contributed by atoms with Crippen LogP contribution in [0.1, 0.15) is 175 Å². The lowest BCUT2D eigenvalue weighted by molar-refractivity contribution is -0.148. The van der Waals surface area contributed by atoms with Gasteiger partial charge in [-0.05, 0) is 19.8 Å². The second-order valence-corrected chi connectivity index (χ2v) is 10.8. The van der Waals surface area contributed by atoms with E-state index in [0.717, 1.165) is 25.7 Å². The zero-order valence-electron chi connectivity index (χ0n) is 25.5. The molecule has 0 aliphatic carbocycles. The SMILES string of the molecule is CCCCCCCCCCCCCCC(=O)OCCN=C(C)NOC(=O)CCCCCCCCCCCC. The summed E-state index contributed by atoms with van der Waals surface area (Å²) in [7, 11) is 0. The third-order valence-corrected chi connectivity index (χ3v) is 6.98. The third kappa shape index (κ3) is 29.0. The number of hydrogen-bond donors (Lipinski definition) is 1. The van der Waals surface area contributed by atoms with Crippen LogP contribution in [0, 0.1) is 0 Å². The van der Waals surface area contributed by atoms with Gasteiger partial charge in [-0.2, -0.15) is 0 Å². The molecule has 0 aliphatic rings. The fourth-order valence-corrected chi connectivity index (χ4v) is 4.53. The molecule has 0 amide bonds. The van der Waals surface area contributed by atoms with Gasteiger partial charge in [-0.3, -0.25) is 9.79 Å². The quantitative estimate of drug-likeness (QED) is 0.0370. The summed E-state index contributed by atoms with van der Waals surface area (Å²) in [6, 6.07) is 0. The van der Waals surface area contributed by atoms with Crippen LogP contribution in [-0.2, 0) is 19.2 Å². The number of hydrogen-bond acceptors (Lipinski definition) is 5. The number of nitrogens with zero attached hydrogens (tertiary/aromatic N) is 1. The Balaban J connectivity index is 3.47. The lowest BCUT2D eigenvalue weighted by Crippen LogP contribution is -2.25. The highest BCUT2D eigenvalue weighted by molar-refractivity contribution is 5.80. The van der Waals surface area contributed by atoms with E-state index in [9.17, 15) is 9.59 Å². The Morgan fingerprint density at radius 1 is 0.553 bits per heavy atom. The van der Waals surface area contributed by atoms with Crippen LogP contribution in [0.2, 0.25) is 0 Å². The molecule has 0 aromatic carbocycles. The fourth-order valence-electron chi connectivity index (χ4n) is 4.53. The van der Waals surface area contributed by atoms with Crippen LogP contribution in [0.5, 0.6) is 0 Å². The van der Waals surface area contributed by atoms with E-state index in [-0.39, 0.29) is 18.5 Å². The van der Waals surface area contributed by atoms with E-state index in [2.05, 4.69) is 24.3 Å². The van der Waals surface area contributed by atoms with Crippen molar-refractivity contribution in [2.45, 2.75) is 175 Å². The van der Waals surface area contributed by atoms with Gasteiger partial charge in [0.1, 0.15) is 12.4 Å². The maximum Gasteiger partial charge on any atom is 0.332 e. The zero-order valence-corrected chi connectivity index (χ0v) is 25.5. The van der Waals surface area contributed by atoms with Gasteiger partial charge in [0.2, 0.25) is 0 Å². The molecule has 38 heavy (non-hydrogen) atoms. The van der Waals surface area contributed by atoms with E-state index in [1.54, 1.807) is 6.92 Å². The Kier molecular flexibility index (Phi) is 28.7. The first-order chi connectivity index (χ1) is 18.6. The minimum Gasteiger partial charge on any atom is -0.464 e. The van der Waals surface area contributed by atoms with Crippen molar-refractivity contribution in [1.29, 1.82) is 0 Å². The van der Waals surface area contributed by atoms with Crippen molar-refractivity contribution in [2.75, 3.05) is 13.2 Å². The van der Waals surface area contributed by atoms with E-state index >= 15 is 0 Å². The van der Waals surface area contributed by atoms with Crippen LogP contribution in [0.25, 0.3) is 0 Å².